The zero-order chi connectivity index (χ0) is 16.5. The number of hydrogen-bond acceptors (Lipinski definition) is 6. The molecule has 0 unspecified atom stereocenters. The van der Waals surface area contributed by atoms with Crippen molar-refractivity contribution in [2.24, 2.45) is 0 Å². The average Bonchev–Trinajstić information content (AvgIpc) is 3.23. The molecule has 0 radical (unpaired) electrons. The van der Waals surface area contributed by atoms with Crippen molar-refractivity contribution in [3.8, 4) is 17.1 Å². The Morgan fingerprint density at radius 3 is 2.75 bits per heavy atom. The number of nitrogens with zero attached hydrogens (tertiary/aromatic N) is 4. The van der Waals surface area contributed by atoms with Gasteiger partial charge in [-0.1, -0.05) is 5.16 Å². The number of aromatic nitrogens is 4. The van der Waals surface area contributed by atoms with Crippen molar-refractivity contribution in [3.05, 3.63) is 66.4 Å². The molecule has 0 fully saturated rings. The predicted octanol–water partition coefficient (Wildman–Crippen LogP) is 2.91. The van der Waals surface area contributed by atoms with Gasteiger partial charge in [0.15, 0.2) is 0 Å². The van der Waals surface area contributed by atoms with E-state index in [4.69, 9.17) is 9.26 Å². The molecule has 0 saturated heterocycles. The summed E-state index contributed by atoms with van der Waals surface area (Å²) in [7, 11) is 0. The lowest BCUT2D eigenvalue weighted by atomic mass is 10.2. The van der Waals surface area contributed by atoms with E-state index in [9.17, 15) is 4.79 Å². The van der Waals surface area contributed by atoms with E-state index in [-0.39, 0.29) is 0 Å². The minimum atomic E-state index is -0.436. The van der Waals surface area contributed by atoms with Gasteiger partial charge < -0.3 is 13.7 Å². The van der Waals surface area contributed by atoms with Crippen LogP contribution in [0.3, 0.4) is 0 Å². The van der Waals surface area contributed by atoms with Crippen molar-refractivity contribution in [1.29, 1.82) is 0 Å². The molecule has 0 aliphatic rings. The monoisotopic (exact) mass is 320 g/mol. The molecule has 0 saturated carbocycles. The van der Waals surface area contributed by atoms with Gasteiger partial charge >= 0.3 is 5.97 Å². The number of hydrogen-bond donors (Lipinski definition) is 0. The summed E-state index contributed by atoms with van der Waals surface area (Å²) in [5.74, 6) is 0.995. The molecule has 24 heavy (non-hydrogen) atoms. The Bertz CT molecular complexity index is 1020. The van der Waals surface area contributed by atoms with Crippen LogP contribution in [0.25, 0.3) is 17.0 Å². The van der Waals surface area contributed by atoms with Gasteiger partial charge in [-0.15, -0.1) is 0 Å². The van der Waals surface area contributed by atoms with Gasteiger partial charge in [-0.05, 0) is 36.4 Å². The predicted molar refractivity (Wildman–Crippen MR) is 84.6 cm³/mol. The Morgan fingerprint density at radius 1 is 1.17 bits per heavy atom. The Balaban J connectivity index is 1.53. The maximum absolute atomic E-state index is 12.2. The molecule has 3 heterocycles. The summed E-state index contributed by atoms with van der Waals surface area (Å²) in [5.41, 5.74) is 2.00. The third kappa shape index (κ3) is 2.63. The van der Waals surface area contributed by atoms with Crippen molar-refractivity contribution in [1.82, 2.24) is 19.5 Å². The van der Waals surface area contributed by atoms with Crippen molar-refractivity contribution in [2.75, 3.05) is 0 Å². The largest absolute Gasteiger partial charge is 0.423 e. The number of pyridine rings is 1. The van der Waals surface area contributed by atoms with Crippen molar-refractivity contribution in [3.63, 3.8) is 0 Å². The second kappa shape index (κ2) is 5.62. The molecule has 0 aliphatic carbocycles. The Labute approximate surface area is 136 Å². The van der Waals surface area contributed by atoms with E-state index in [1.54, 1.807) is 66.3 Å². The lowest BCUT2D eigenvalue weighted by molar-refractivity contribution is 0.0734. The van der Waals surface area contributed by atoms with Gasteiger partial charge in [-0.25, -0.2) is 9.78 Å². The quantitative estimate of drug-likeness (QED) is 0.426. The lowest BCUT2D eigenvalue weighted by Crippen LogP contribution is -2.09. The highest BCUT2D eigenvalue weighted by Crippen LogP contribution is 2.20. The summed E-state index contributed by atoms with van der Waals surface area (Å²) in [5, 5.41) is 3.85. The van der Waals surface area contributed by atoms with Crippen molar-refractivity contribution >= 4 is 11.6 Å². The standard InChI is InChI=1S/C17H12N4O3/c1-11-19-16(20-24-11)12-2-5-14(6-3-12)23-17(22)13-4-7-15-18-8-9-21(15)10-13/h2-10H,1H3. The lowest BCUT2D eigenvalue weighted by Gasteiger charge is -2.05. The third-order valence-electron chi connectivity index (χ3n) is 3.48. The van der Waals surface area contributed by atoms with Crippen molar-refractivity contribution < 1.29 is 14.1 Å². The third-order valence-corrected chi connectivity index (χ3v) is 3.48. The topological polar surface area (TPSA) is 82.5 Å². The van der Waals surface area contributed by atoms with Gasteiger partial charge in [0, 0.05) is 31.1 Å². The number of rotatable bonds is 3. The van der Waals surface area contributed by atoms with Gasteiger partial charge in [0.2, 0.25) is 11.7 Å². The van der Waals surface area contributed by atoms with Crippen LogP contribution in [0.2, 0.25) is 0 Å². The van der Waals surface area contributed by atoms with E-state index in [2.05, 4.69) is 15.1 Å². The molecule has 0 amide bonds. The minimum absolute atomic E-state index is 0.436. The maximum atomic E-state index is 12.2. The molecule has 3 aromatic heterocycles. The molecular weight excluding hydrogens is 308 g/mol. The zero-order valence-electron chi connectivity index (χ0n) is 12.7. The molecule has 4 rings (SSSR count). The fourth-order valence-electron chi connectivity index (χ4n) is 2.30. The first kappa shape index (κ1) is 14.1. The van der Waals surface area contributed by atoms with Crippen LogP contribution in [0.4, 0.5) is 0 Å². The van der Waals surface area contributed by atoms with Crippen LogP contribution in [0.15, 0.2) is 59.5 Å². The average molecular weight is 320 g/mol. The molecule has 0 N–H and O–H groups in total. The molecule has 4 aromatic rings. The molecule has 1 aromatic carbocycles. The van der Waals surface area contributed by atoms with Crippen molar-refractivity contribution in [2.45, 2.75) is 6.92 Å². The van der Waals surface area contributed by atoms with Crippen LogP contribution >= 0.6 is 0 Å². The van der Waals surface area contributed by atoms with Crippen LogP contribution in [0.5, 0.6) is 5.75 Å². The fourth-order valence-corrected chi connectivity index (χ4v) is 2.30. The van der Waals surface area contributed by atoms with E-state index in [1.807, 2.05) is 0 Å². The van der Waals surface area contributed by atoms with E-state index in [0.29, 0.717) is 23.0 Å². The summed E-state index contributed by atoms with van der Waals surface area (Å²) >= 11 is 0. The van der Waals surface area contributed by atoms with E-state index in [0.717, 1.165) is 11.2 Å². The minimum Gasteiger partial charge on any atom is -0.423 e. The van der Waals surface area contributed by atoms with Gasteiger partial charge in [0.25, 0.3) is 0 Å². The fraction of sp³-hybridized carbons (Fsp3) is 0.0588. The highest BCUT2D eigenvalue weighted by molar-refractivity contribution is 5.91. The summed E-state index contributed by atoms with van der Waals surface area (Å²) < 4.78 is 12.1. The summed E-state index contributed by atoms with van der Waals surface area (Å²) in [6.45, 7) is 1.73. The molecule has 0 spiro atoms. The van der Waals surface area contributed by atoms with E-state index < -0.39 is 5.97 Å². The number of carbonyl (C=O) groups excluding carboxylic acids is 1. The van der Waals surface area contributed by atoms with E-state index in [1.165, 1.54) is 0 Å². The van der Waals surface area contributed by atoms with Gasteiger partial charge in [0.1, 0.15) is 11.4 Å². The Kier molecular flexibility index (Phi) is 3.31. The molecule has 7 nitrogen and oxygen atoms in total. The van der Waals surface area contributed by atoms with Crippen LogP contribution in [-0.4, -0.2) is 25.5 Å². The molecule has 118 valence electrons. The first-order valence-electron chi connectivity index (χ1n) is 7.25. The smallest absolute Gasteiger partial charge is 0.345 e. The number of aryl methyl sites for hydroxylation is 1. The number of carbonyl (C=O) groups is 1. The molecular formula is C17H12N4O3. The normalized spacial score (nSPS) is 10.9. The van der Waals surface area contributed by atoms with Crippen LogP contribution in [0.1, 0.15) is 16.2 Å². The highest BCUT2D eigenvalue weighted by atomic mass is 16.5. The molecule has 0 atom stereocenters. The Hall–Kier alpha value is -3.48. The molecule has 0 bridgehead atoms. The molecule has 0 aliphatic heterocycles. The second-order valence-electron chi connectivity index (χ2n) is 5.16. The highest BCUT2D eigenvalue weighted by Gasteiger charge is 2.11. The second-order valence-corrected chi connectivity index (χ2v) is 5.16. The number of ether oxygens (including phenoxy) is 1. The summed E-state index contributed by atoms with van der Waals surface area (Å²) in [4.78, 5) is 20.5. The molecule has 7 heteroatoms. The zero-order valence-corrected chi connectivity index (χ0v) is 12.7. The summed E-state index contributed by atoms with van der Waals surface area (Å²) in [6.07, 6.45) is 5.12. The maximum Gasteiger partial charge on any atom is 0.345 e. The SMILES string of the molecule is Cc1nc(-c2ccc(OC(=O)c3ccc4nccn4c3)cc2)no1. The van der Waals surface area contributed by atoms with E-state index >= 15 is 0 Å². The summed E-state index contributed by atoms with van der Waals surface area (Å²) in [6, 6.07) is 10.4. The Morgan fingerprint density at radius 2 is 2.00 bits per heavy atom. The van der Waals surface area contributed by atoms with Gasteiger partial charge in [0.05, 0.1) is 5.56 Å². The van der Waals surface area contributed by atoms with Crippen LogP contribution in [-0.2, 0) is 0 Å². The van der Waals surface area contributed by atoms with Crippen LogP contribution < -0.4 is 4.74 Å². The number of imidazole rings is 1. The first-order chi connectivity index (χ1) is 11.7. The van der Waals surface area contributed by atoms with Gasteiger partial charge in [-0.2, -0.15) is 4.98 Å². The van der Waals surface area contributed by atoms with Crippen LogP contribution in [0, 0.1) is 6.92 Å². The number of benzene rings is 1. The number of fused-ring (bicyclic) bond motifs is 1. The van der Waals surface area contributed by atoms with Gasteiger partial charge in [-0.3, -0.25) is 0 Å². The first-order valence-corrected chi connectivity index (χ1v) is 7.25. The number of esters is 1.